The number of nitrogens with zero attached hydrogens (tertiary/aromatic N) is 2. The van der Waals surface area contributed by atoms with E-state index in [1.54, 1.807) is 13.3 Å². The Morgan fingerprint density at radius 2 is 2.00 bits per heavy atom. The van der Waals surface area contributed by atoms with Gasteiger partial charge in [-0.15, -0.1) is 6.58 Å². The molecule has 0 spiro atoms. The van der Waals surface area contributed by atoms with Gasteiger partial charge in [0.05, 0.1) is 12.6 Å². The zero-order valence-corrected chi connectivity index (χ0v) is 18.4. The molecule has 0 radical (unpaired) electrons. The summed E-state index contributed by atoms with van der Waals surface area (Å²) < 4.78 is 5.34. The van der Waals surface area contributed by atoms with E-state index in [1.807, 2.05) is 65.6 Å². The summed E-state index contributed by atoms with van der Waals surface area (Å²) in [6.45, 7) is 5.24. The molecular weight excluding hydrogens is 400 g/mol. The van der Waals surface area contributed by atoms with Crippen LogP contribution in [0, 0.1) is 11.8 Å². The number of likely N-dealkylation sites (tertiary alicyclic amines) is 1. The molecule has 1 aliphatic heterocycles. The van der Waals surface area contributed by atoms with Gasteiger partial charge in [-0.25, -0.2) is 0 Å². The van der Waals surface area contributed by atoms with Gasteiger partial charge in [0.2, 0.25) is 0 Å². The van der Waals surface area contributed by atoms with E-state index in [0.29, 0.717) is 31.5 Å². The number of amides is 1. The Morgan fingerprint density at radius 3 is 2.75 bits per heavy atom. The summed E-state index contributed by atoms with van der Waals surface area (Å²) in [5.74, 6) is 1.29. The zero-order chi connectivity index (χ0) is 22.5. The molecule has 1 amide bonds. The molecule has 1 aliphatic rings. The van der Waals surface area contributed by atoms with Gasteiger partial charge in [0.15, 0.2) is 0 Å². The van der Waals surface area contributed by atoms with E-state index in [2.05, 4.69) is 11.6 Å². The Morgan fingerprint density at radius 1 is 1.19 bits per heavy atom. The Hall–Kier alpha value is -3.47. The Labute approximate surface area is 188 Å². The lowest BCUT2D eigenvalue weighted by atomic mass is 9.81. The number of hydrogen-bond donors (Lipinski definition) is 0. The summed E-state index contributed by atoms with van der Waals surface area (Å²) in [6.07, 6.45) is 5.29. The lowest BCUT2D eigenvalue weighted by Crippen LogP contribution is -2.43. The molecule has 2 heterocycles. The molecule has 4 rings (SSSR count). The topological polar surface area (TPSA) is 59.5 Å². The smallest absolute Gasteiger partial charge is 0.253 e. The van der Waals surface area contributed by atoms with Gasteiger partial charge in [-0.3, -0.25) is 14.6 Å². The lowest BCUT2D eigenvalue weighted by Gasteiger charge is -2.37. The largest absolute Gasteiger partial charge is 0.497 e. The number of aromatic nitrogens is 1. The fraction of sp³-hybridized carbons (Fsp3) is 0.296. The molecule has 0 aliphatic carbocycles. The quantitative estimate of drug-likeness (QED) is 0.512. The maximum atomic E-state index is 13.0. The molecule has 0 unspecified atom stereocenters. The highest BCUT2D eigenvalue weighted by molar-refractivity contribution is 5.94. The maximum Gasteiger partial charge on any atom is 0.253 e. The second kappa shape index (κ2) is 9.77. The predicted molar refractivity (Wildman–Crippen MR) is 126 cm³/mol. The molecule has 2 aromatic carbocycles. The second-order valence-corrected chi connectivity index (χ2v) is 8.34. The van der Waals surface area contributed by atoms with Crippen molar-refractivity contribution in [2.24, 2.45) is 11.8 Å². The summed E-state index contributed by atoms with van der Waals surface area (Å²) >= 11 is 0. The molecule has 0 bridgehead atoms. The molecule has 5 nitrogen and oxygen atoms in total. The number of pyridine rings is 1. The molecule has 2 atom stereocenters. The number of carbonyl (C=O) groups is 2. The van der Waals surface area contributed by atoms with Crippen molar-refractivity contribution in [2.45, 2.75) is 19.3 Å². The third-order valence-corrected chi connectivity index (χ3v) is 6.33. The van der Waals surface area contributed by atoms with Gasteiger partial charge in [0.25, 0.3) is 5.91 Å². The van der Waals surface area contributed by atoms with E-state index in [9.17, 15) is 9.59 Å². The fourth-order valence-corrected chi connectivity index (χ4v) is 4.54. The predicted octanol–water partition coefficient (Wildman–Crippen LogP) is 4.71. The fourth-order valence-electron chi connectivity index (χ4n) is 4.54. The van der Waals surface area contributed by atoms with Crippen LogP contribution in [0.1, 0.15) is 28.8 Å². The van der Waals surface area contributed by atoms with Crippen molar-refractivity contribution in [3.63, 3.8) is 0 Å². The monoisotopic (exact) mass is 428 g/mol. The van der Waals surface area contributed by atoms with Crippen LogP contribution in [0.25, 0.3) is 10.9 Å². The number of Topliss-reactive ketones (excluding diaryl/α,β-unsaturated/α-hetero) is 1. The van der Waals surface area contributed by atoms with Crippen LogP contribution < -0.4 is 4.74 Å². The summed E-state index contributed by atoms with van der Waals surface area (Å²) in [5, 5.41) is 0.948. The van der Waals surface area contributed by atoms with E-state index in [4.69, 9.17) is 4.74 Å². The minimum Gasteiger partial charge on any atom is -0.497 e. The van der Waals surface area contributed by atoms with Gasteiger partial charge in [-0.05, 0) is 60.2 Å². The first-order chi connectivity index (χ1) is 15.6. The summed E-state index contributed by atoms with van der Waals surface area (Å²) in [6, 6.07) is 17.0. The third-order valence-electron chi connectivity index (χ3n) is 6.33. The number of rotatable bonds is 7. The van der Waals surface area contributed by atoms with Crippen molar-refractivity contribution in [1.29, 1.82) is 0 Å². The van der Waals surface area contributed by atoms with E-state index in [-0.39, 0.29) is 23.5 Å². The first-order valence-corrected chi connectivity index (χ1v) is 11.0. The minimum absolute atomic E-state index is 0.0411. The van der Waals surface area contributed by atoms with Crippen LogP contribution in [0.15, 0.2) is 73.4 Å². The molecular formula is C27H28N2O3. The van der Waals surface area contributed by atoms with Crippen LogP contribution >= 0.6 is 0 Å². The molecule has 0 saturated carbocycles. The molecule has 5 heteroatoms. The average molecular weight is 429 g/mol. The van der Waals surface area contributed by atoms with Crippen LogP contribution in [0.2, 0.25) is 0 Å². The van der Waals surface area contributed by atoms with Gasteiger partial charge in [-0.1, -0.05) is 24.3 Å². The van der Waals surface area contributed by atoms with Crippen molar-refractivity contribution < 1.29 is 14.3 Å². The van der Waals surface area contributed by atoms with Gasteiger partial charge < -0.3 is 9.64 Å². The standard InChI is InChI=1S/C27H28N2O3/c1-3-19-18-29(27(31)20-7-5-4-6-8-20)14-12-21(19)15-23(30)16-22-11-13-28-26-10-9-24(32-2)17-25(22)26/h3-11,13,17,19,21H,1,12,14-16,18H2,2H3/t19-,21-/m0/s1. The highest BCUT2D eigenvalue weighted by atomic mass is 16.5. The number of hydrogen-bond acceptors (Lipinski definition) is 4. The average Bonchev–Trinajstić information content (AvgIpc) is 2.84. The highest BCUT2D eigenvalue weighted by Crippen LogP contribution is 2.30. The molecule has 1 fully saturated rings. The van der Waals surface area contributed by atoms with Crippen molar-refractivity contribution in [2.75, 3.05) is 20.2 Å². The van der Waals surface area contributed by atoms with Crippen molar-refractivity contribution in [1.82, 2.24) is 9.88 Å². The number of benzene rings is 2. The SMILES string of the molecule is C=C[C@H]1CN(C(=O)c2ccccc2)CC[C@H]1CC(=O)Cc1ccnc2ccc(OC)cc12. The van der Waals surface area contributed by atoms with E-state index in [1.165, 1.54) is 0 Å². The van der Waals surface area contributed by atoms with Crippen molar-refractivity contribution in [3.05, 3.63) is 84.6 Å². The Kier molecular flexibility index (Phi) is 6.64. The van der Waals surface area contributed by atoms with Crippen LogP contribution in [-0.4, -0.2) is 41.8 Å². The molecule has 3 aromatic rings. The number of ether oxygens (including phenoxy) is 1. The maximum absolute atomic E-state index is 13.0. The molecule has 164 valence electrons. The van der Waals surface area contributed by atoms with E-state index < -0.39 is 0 Å². The first-order valence-electron chi connectivity index (χ1n) is 11.0. The highest BCUT2D eigenvalue weighted by Gasteiger charge is 2.31. The number of ketones is 1. The molecule has 32 heavy (non-hydrogen) atoms. The number of methoxy groups -OCH3 is 1. The first kappa shape index (κ1) is 21.8. The minimum atomic E-state index is 0.0411. The molecule has 0 N–H and O–H groups in total. The number of fused-ring (bicyclic) bond motifs is 1. The van der Waals surface area contributed by atoms with E-state index in [0.717, 1.165) is 28.6 Å². The molecule has 1 aromatic heterocycles. The lowest BCUT2D eigenvalue weighted by molar-refractivity contribution is -0.119. The van der Waals surface area contributed by atoms with Gasteiger partial charge in [-0.2, -0.15) is 0 Å². The number of piperidine rings is 1. The van der Waals surface area contributed by atoms with Crippen LogP contribution in [-0.2, 0) is 11.2 Å². The summed E-state index contributed by atoms with van der Waals surface area (Å²) in [7, 11) is 1.63. The second-order valence-electron chi connectivity index (χ2n) is 8.34. The van der Waals surface area contributed by atoms with Crippen LogP contribution in [0.4, 0.5) is 0 Å². The normalized spacial score (nSPS) is 18.3. The van der Waals surface area contributed by atoms with E-state index >= 15 is 0 Å². The van der Waals surface area contributed by atoms with Crippen molar-refractivity contribution >= 4 is 22.6 Å². The molecule has 1 saturated heterocycles. The summed E-state index contributed by atoms with van der Waals surface area (Å²) in [4.78, 5) is 32.1. The number of carbonyl (C=O) groups excluding carboxylic acids is 2. The van der Waals surface area contributed by atoms with Gasteiger partial charge >= 0.3 is 0 Å². The summed E-state index contributed by atoms with van der Waals surface area (Å²) in [5.41, 5.74) is 2.52. The van der Waals surface area contributed by atoms with Crippen LogP contribution in [0.3, 0.4) is 0 Å². The Bertz CT molecular complexity index is 1130. The van der Waals surface area contributed by atoms with Crippen LogP contribution in [0.5, 0.6) is 5.75 Å². The van der Waals surface area contributed by atoms with Crippen molar-refractivity contribution in [3.8, 4) is 5.75 Å². The zero-order valence-electron chi connectivity index (χ0n) is 18.4. The third kappa shape index (κ3) is 4.72. The van der Waals surface area contributed by atoms with Gasteiger partial charge in [0.1, 0.15) is 11.5 Å². The van der Waals surface area contributed by atoms with Gasteiger partial charge in [0, 0.05) is 43.1 Å². The Balaban J connectivity index is 1.42.